The molecule has 0 atom stereocenters. The molecule has 0 aliphatic carbocycles. The fraction of sp³-hybridized carbons (Fsp3) is 0. The summed E-state index contributed by atoms with van der Waals surface area (Å²) < 4.78 is 0. The monoisotopic (exact) mass is 350 g/mol. The summed E-state index contributed by atoms with van der Waals surface area (Å²) in [7, 11) is 0. The van der Waals surface area contributed by atoms with Crippen LogP contribution in [0.3, 0.4) is 0 Å². The van der Waals surface area contributed by atoms with E-state index in [0.717, 1.165) is 27.6 Å². The van der Waals surface area contributed by atoms with Crippen molar-refractivity contribution in [3.63, 3.8) is 0 Å². The highest BCUT2D eigenvalue weighted by molar-refractivity contribution is 6.13. The van der Waals surface area contributed by atoms with Crippen molar-refractivity contribution >= 4 is 22.7 Å². The van der Waals surface area contributed by atoms with E-state index in [4.69, 9.17) is 0 Å². The van der Waals surface area contributed by atoms with E-state index in [1.807, 2.05) is 91.0 Å². The number of aromatic hydroxyl groups is 1. The van der Waals surface area contributed by atoms with E-state index < -0.39 is 0 Å². The number of phenols is 1. The summed E-state index contributed by atoms with van der Waals surface area (Å²) in [6.07, 6.45) is 1.61. The quantitative estimate of drug-likeness (QED) is 0.388. The SMILES string of the molecule is Oc1ccc2ccccc2c1/C=N/N=C(c1ccccc1)c1ccccc1. The zero-order valence-corrected chi connectivity index (χ0v) is 14.7. The zero-order valence-electron chi connectivity index (χ0n) is 14.7. The van der Waals surface area contributed by atoms with Gasteiger partial charge in [0.2, 0.25) is 0 Å². The zero-order chi connectivity index (χ0) is 18.5. The number of nitrogens with zero attached hydrogens (tertiary/aromatic N) is 2. The lowest BCUT2D eigenvalue weighted by molar-refractivity contribution is 0.475. The lowest BCUT2D eigenvalue weighted by Crippen LogP contribution is -2.02. The molecule has 4 rings (SSSR count). The second-order valence-corrected chi connectivity index (χ2v) is 6.14. The van der Waals surface area contributed by atoms with Crippen molar-refractivity contribution in [3.05, 3.63) is 114 Å². The summed E-state index contributed by atoms with van der Waals surface area (Å²) in [6, 6.07) is 31.4. The first kappa shape index (κ1) is 16.7. The smallest absolute Gasteiger partial charge is 0.125 e. The van der Waals surface area contributed by atoms with Gasteiger partial charge in [-0.15, -0.1) is 5.10 Å². The predicted octanol–water partition coefficient (Wildman–Crippen LogP) is 5.42. The molecular weight excluding hydrogens is 332 g/mol. The van der Waals surface area contributed by atoms with Gasteiger partial charge in [0.15, 0.2) is 0 Å². The Balaban J connectivity index is 1.78. The predicted molar refractivity (Wildman–Crippen MR) is 112 cm³/mol. The summed E-state index contributed by atoms with van der Waals surface area (Å²) in [5.41, 5.74) is 3.43. The molecule has 0 unspecified atom stereocenters. The molecule has 4 aromatic carbocycles. The molecule has 0 aromatic heterocycles. The van der Waals surface area contributed by atoms with Crippen LogP contribution in [0, 0.1) is 0 Å². The molecule has 1 N–H and O–H groups in total. The molecule has 0 aliphatic heterocycles. The molecule has 0 fully saturated rings. The minimum absolute atomic E-state index is 0.189. The van der Waals surface area contributed by atoms with Gasteiger partial charge >= 0.3 is 0 Å². The molecule has 0 saturated carbocycles. The van der Waals surface area contributed by atoms with Gasteiger partial charge in [0.25, 0.3) is 0 Å². The Bertz CT molecular complexity index is 1080. The molecule has 4 aromatic rings. The van der Waals surface area contributed by atoms with Crippen molar-refractivity contribution in [2.24, 2.45) is 10.2 Å². The fourth-order valence-electron chi connectivity index (χ4n) is 3.04. The standard InChI is InChI=1S/C24H18N2O/c27-23-16-15-18-9-7-8-14-21(18)22(23)17-25-26-24(19-10-3-1-4-11-19)20-12-5-2-6-13-20/h1-17,27H/b25-17+. The summed E-state index contributed by atoms with van der Waals surface area (Å²) in [5.74, 6) is 0.189. The average molecular weight is 350 g/mol. The fourth-order valence-corrected chi connectivity index (χ4v) is 3.04. The molecule has 0 spiro atoms. The second-order valence-electron chi connectivity index (χ2n) is 6.14. The Hall–Kier alpha value is -3.72. The van der Waals surface area contributed by atoms with E-state index in [1.54, 1.807) is 12.3 Å². The maximum atomic E-state index is 10.3. The lowest BCUT2D eigenvalue weighted by atomic mass is 10.0. The van der Waals surface area contributed by atoms with Crippen molar-refractivity contribution in [3.8, 4) is 5.75 Å². The summed E-state index contributed by atoms with van der Waals surface area (Å²) >= 11 is 0. The Morgan fingerprint density at radius 3 is 1.93 bits per heavy atom. The van der Waals surface area contributed by atoms with Gasteiger partial charge in [-0.2, -0.15) is 5.10 Å². The van der Waals surface area contributed by atoms with E-state index in [1.165, 1.54) is 0 Å². The second kappa shape index (κ2) is 7.67. The van der Waals surface area contributed by atoms with Crippen LogP contribution in [0.2, 0.25) is 0 Å². The number of benzene rings is 4. The molecular formula is C24H18N2O. The van der Waals surface area contributed by atoms with Crippen LogP contribution in [0.1, 0.15) is 16.7 Å². The van der Waals surface area contributed by atoms with Crippen LogP contribution < -0.4 is 0 Å². The third-order valence-electron chi connectivity index (χ3n) is 4.39. The van der Waals surface area contributed by atoms with Crippen LogP contribution in [-0.4, -0.2) is 17.0 Å². The Morgan fingerprint density at radius 1 is 0.667 bits per heavy atom. The Morgan fingerprint density at radius 2 is 1.26 bits per heavy atom. The minimum Gasteiger partial charge on any atom is -0.507 e. The van der Waals surface area contributed by atoms with E-state index >= 15 is 0 Å². The number of rotatable bonds is 4. The molecule has 0 bridgehead atoms. The molecule has 130 valence electrons. The topological polar surface area (TPSA) is 45.0 Å². The van der Waals surface area contributed by atoms with Crippen molar-refractivity contribution < 1.29 is 5.11 Å². The van der Waals surface area contributed by atoms with Gasteiger partial charge < -0.3 is 5.11 Å². The van der Waals surface area contributed by atoms with Crippen LogP contribution in [0.4, 0.5) is 0 Å². The molecule has 3 nitrogen and oxygen atoms in total. The van der Waals surface area contributed by atoms with E-state index in [-0.39, 0.29) is 5.75 Å². The first-order valence-corrected chi connectivity index (χ1v) is 8.75. The van der Waals surface area contributed by atoms with Crippen molar-refractivity contribution in [1.29, 1.82) is 0 Å². The molecule has 0 saturated heterocycles. The van der Waals surface area contributed by atoms with Crippen LogP contribution in [0.25, 0.3) is 10.8 Å². The summed E-state index contributed by atoms with van der Waals surface area (Å²) in [5, 5.41) is 21.0. The van der Waals surface area contributed by atoms with Crippen molar-refractivity contribution in [2.45, 2.75) is 0 Å². The molecule has 27 heavy (non-hydrogen) atoms. The van der Waals surface area contributed by atoms with E-state index in [2.05, 4.69) is 10.2 Å². The van der Waals surface area contributed by atoms with Gasteiger partial charge in [0.1, 0.15) is 11.5 Å². The van der Waals surface area contributed by atoms with Crippen LogP contribution >= 0.6 is 0 Å². The van der Waals surface area contributed by atoms with Crippen molar-refractivity contribution in [2.75, 3.05) is 0 Å². The Kier molecular flexibility index (Phi) is 4.75. The number of hydrogen-bond acceptors (Lipinski definition) is 3. The van der Waals surface area contributed by atoms with Crippen LogP contribution in [-0.2, 0) is 0 Å². The first-order valence-electron chi connectivity index (χ1n) is 8.75. The normalized spacial score (nSPS) is 11.0. The highest BCUT2D eigenvalue weighted by atomic mass is 16.3. The van der Waals surface area contributed by atoms with Gasteiger partial charge in [-0.1, -0.05) is 91.0 Å². The van der Waals surface area contributed by atoms with Crippen molar-refractivity contribution in [1.82, 2.24) is 0 Å². The molecule has 0 heterocycles. The Labute approximate surface area is 158 Å². The van der Waals surface area contributed by atoms with Gasteiger partial charge in [-0.05, 0) is 16.8 Å². The number of fused-ring (bicyclic) bond motifs is 1. The highest BCUT2D eigenvalue weighted by Gasteiger charge is 2.07. The van der Waals surface area contributed by atoms with Gasteiger partial charge in [0.05, 0.1) is 6.21 Å². The van der Waals surface area contributed by atoms with E-state index in [0.29, 0.717) is 5.56 Å². The first-order chi connectivity index (χ1) is 13.3. The molecule has 0 aliphatic rings. The van der Waals surface area contributed by atoms with Crippen LogP contribution in [0.5, 0.6) is 5.75 Å². The maximum Gasteiger partial charge on any atom is 0.125 e. The average Bonchev–Trinajstić information content (AvgIpc) is 2.74. The lowest BCUT2D eigenvalue weighted by Gasteiger charge is -2.06. The summed E-state index contributed by atoms with van der Waals surface area (Å²) in [6.45, 7) is 0. The number of hydrogen-bond donors (Lipinski definition) is 1. The van der Waals surface area contributed by atoms with Crippen LogP contribution in [0.15, 0.2) is 107 Å². The summed E-state index contributed by atoms with van der Waals surface area (Å²) in [4.78, 5) is 0. The third-order valence-corrected chi connectivity index (χ3v) is 4.39. The van der Waals surface area contributed by atoms with Gasteiger partial charge in [-0.25, -0.2) is 0 Å². The largest absolute Gasteiger partial charge is 0.507 e. The molecule has 0 amide bonds. The minimum atomic E-state index is 0.189. The highest BCUT2D eigenvalue weighted by Crippen LogP contribution is 2.25. The van der Waals surface area contributed by atoms with Gasteiger partial charge in [-0.3, -0.25) is 0 Å². The molecule has 0 radical (unpaired) electrons. The molecule has 3 heteroatoms. The number of phenolic OH excluding ortho intramolecular Hbond substituents is 1. The third kappa shape index (κ3) is 3.62. The van der Waals surface area contributed by atoms with E-state index in [9.17, 15) is 5.11 Å². The maximum absolute atomic E-state index is 10.3. The van der Waals surface area contributed by atoms with Gasteiger partial charge in [0, 0.05) is 16.7 Å².